The van der Waals surface area contributed by atoms with Gasteiger partial charge < -0.3 is 10.4 Å². The Hall–Kier alpha value is -1.38. The average Bonchev–Trinajstić information content (AvgIpc) is 2.59. The third-order valence-electron chi connectivity index (χ3n) is 2.50. The fourth-order valence-corrected chi connectivity index (χ4v) is 2.09. The maximum absolute atomic E-state index is 11.6. The van der Waals surface area contributed by atoms with Crippen molar-refractivity contribution in [1.29, 1.82) is 0 Å². The molecule has 1 amide bonds. The molecule has 0 atom stereocenters. The number of hydrogen-bond donors (Lipinski definition) is 2. The molecule has 4 nitrogen and oxygen atoms in total. The molecule has 1 aliphatic carbocycles. The SMILES string of the molecule is O=C(Nc1ncc(C#CCO)s1)C1CCC1. The fraction of sp³-hybridized carbons (Fsp3) is 0.455. The van der Waals surface area contributed by atoms with E-state index in [1.54, 1.807) is 6.20 Å². The first-order valence-corrected chi connectivity index (χ1v) is 5.97. The van der Waals surface area contributed by atoms with Crippen molar-refractivity contribution in [3.63, 3.8) is 0 Å². The number of aliphatic hydroxyl groups excluding tert-OH is 1. The van der Waals surface area contributed by atoms with Gasteiger partial charge in [-0.3, -0.25) is 4.79 Å². The van der Waals surface area contributed by atoms with Gasteiger partial charge in [0.2, 0.25) is 5.91 Å². The molecule has 1 aromatic heterocycles. The normalized spacial score (nSPS) is 14.8. The summed E-state index contributed by atoms with van der Waals surface area (Å²) in [6, 6.07) is 0. The monoisotopic (exact) mass is 236 g/mol. The van der Waals surface area contributed by atoms with E-state index in [1.807, 2.05) is 0 Å². The quantitative estimate of drug-likeness (QED) is 0.759. The Balaban J connectivity index is 1.94. The van der Waals surface area contributed by atoms with E-state index in [-0.39, 0.29) is 18.4 Å². The molecule has 1 saturated carbocycles. The van der Waals surface area contributed by atoms with E-state index in [0.717, 1.165) is 24.1 Å². The Bertz CT molecular complexity index is 440. The lowest BCUT2D eigenvalue weighted by molar-refractivity contribution is -0.122. The number of aromatic nitrogens is 1. The largest absolute Gasteiger partial charge is 0.384 e. The van der Waals surface area contributed by atoms with Crippen LogP contribution in [0.2, 0.25) is 0 Å². The minimum atomic E-state index is -0.165. The number of amides is 1. The third kappa shape index (κ3) is 2.60. The van der Waals surface area contributed by atoms with E-state index in [4.69, 9.17) is 5.11 Å². The summed E-state index contributed by atoms with van der Waals surface area (Å²) in [5.74, 6) is 5.51. The van der Waals surface area contributed by atoms with Gasteiger partial charge in [-0.05, 0) is 12.8 Å². The standard InChI is InChI=1S/C11H12N2O2S/c14-6-2-5-9-7-12-11(16-9)13-10(15)8-3-1-4-8/h7-8,14H,1,3-4,6H2,(H,12,13,15). The van der Waals surface area contributed by atoms with E-state index in [0.29, 0.717) is 5.13 Å². The number of carbonyl (C=O) groups excluding carboxylic acids is 1. The fourth-order valence-electron chi connectivity index (χ4n) is 1.39. The van der Waals surface area contributed by atoms with Crippen LogP contribution in [0.15, 0.2) is 6.20 Å². The van der Waals surface area contributed by atoms with Crippen molar-refractivity contribution in [3.05, 3.63) is 11.1 Å². The molecule has 0 saturated heterocycles. The number of aliphatic hydroxyl groups is 1. The molecule has 16 heavy (non-hydrogen) atoms. The first-order valence-electron chi connectivity index (χ1n) is 5.16. The van der Waals surface area contributed by atoms with Gasteiger partial charge >= 0.3 is 0 Å². The van der Waals surface area contributed by atoms with Crippen molar-refractivity contribution in [1.82, 2.24) is 4.98 Å². The zero-order chi connectivity index (χ0) is 11.4. The topological polar surface area (TPSA) is 62.2 Å². The summed E-state index contributed by atoms with van der Waals surface area (Å²) < 4.78 is 0. The second-order valence-corrected chi connectivity index (χ2v) is 4.64. The highest BCUT2D eigenvalue weighted by molar-refractivity contribution is 7.16. The lowest BCUT2D eigenvalue weighted by Crippen LogP contribution is -2.27. The number of nitrogens with one attached hydrogen (secondary N) is 1. The van der Waals surface area contributed by atoms with Gasteiger partial charge in [0.05, 0.1) is 11.1 Å². The van der Waals surface area contributed by atoms with Crippen LogP contribution in [0, 0.1) is 17.8 Å². The Morgan fingerprint density at radius 2 is 2.50 bits per heavy atom. The summed E-state index contributed by atoms with van der Waals surface area (Å²) in [5, 5.41) is 11.9. The van der Waals surface area contributed by atoms with Crippen LogP contribution in [0.5, 0.6) is 0 Å². The summed E-state index contributed by atoms with van der Waals surface area (Å²) >= 11 is 1.33. The molecule has 0 bridgehead atoms. The Morgan fingerprint density at radius 3 is 3.12 bits per heavy atom. The molecule has 1 aromatic rings. The van der Waals surface area contributed by atoms with Crippen molar-refractivity contribution in [2.45, 2.75) is 19.3 Å². The van der Waals surface area contributed by atoms with Crippen LogP contribution >= 0.6 is 11.3 Å². The molecule has 1 aliphatic rings. The van der Waals surface area contributed by atoms with Gasteiger partial charge in [-0.25, -0.2) is 4.98 Å². The first-order chi connectivity index (χ1) is 7.79. The number of nitrogens with zero attached hydrogens (tertiary/aromatic N) is 1. The zero-order valence-electron chi connectivity index (χ0n) is 8.69. The molecule has 5 heteroatoms. The second-order valence-electron chi connectivity index (χ2n) is 3.61. The van der Waals surface area contributed by atoms with Gasteiger partial charge in [-0.15, -0.1) is 0 Å². The summed E-state index contributed by atoms with van der Waals surface area (Å²) in [7, 11) is 0. The maximum atomic E-state index is 11.6. The molecule has 0 unspecified atom stereocenters. The summed E-state index contributed by atoms with van der Waals surface area (Å²) in [5.41, 5.74) is 0. The number of carbonyl (C=O) groups is 1. The van der Waals surface area contributed by atoms with Gasteiger partial charge in [0.25, 0.3) is 0 Å². The van der Waals surface area contributed by atoms with Crippen LogP contribution in [0.4, 0.5) is 5.13 Å². The summed E-state index contributed by atoms with van der Waals surface area (Å²) in [6.45, 7) is -0.165. The Morgan fingerprint density at radius 1 is 1.69 bits per heavy atom. The van der Waals surface area contributed by atoms with E-state index < -0.39 is 0 Å². The number of hydrogen-bond acceptors (Lipinski definition) is 4. The minimum Gasteiger partial charge on any atom is -0.384 e. The molecule has 0 radical (unpaired) electrons. The van der Waals surface area contributed by atoms with Crippen LogP contribution < -0.4 is 5.32 Å². The van der Waals surface area contributed by atoms with Crippen molar-refractivity contribution < 1.29 is 9.90 Å². The second kappa shape index (κ2) is 5.10. The maximum Gasteiger partial charge on any atom is 0.229 e. The molecular formula is C11H12N2O2S. The van der Waals surface area contributed by atoms with Crippen molar-refractivity contribution >= 4 is 22.4 Å². The van der Waals surface area contributed by atoms with Crippen LogP contribution in [-0.2, 0) is 4.79 Å². The molecule has 1 heterocycles. The van der Waals surface area contributed by atoms with E-state index in [9.17, 15) is 4.79 Å². The van der Waals surface area contributed by atoms with Gasteiger partial charge in [0.15, 0.2) is 5.13 Å². The Kier molecular flexibility index (Phi) is 3.54. The van der Waals surface area contributed by atoms with Crippen LogP contribution in [-0.4, -0.2) is 22.6 Å². The van der Waals surface area contributed by atoms with Crippen molar-refractivity contribution in [3.8, 4) is 11.8 Å². The molecular weight excluding hydrogens is 224 g/mol. The van der Waals surface area contributed by atoms with Gasteiger partial charge in [0, 0.05) is 5.92 Å². The lowest BCUT2D eigenvalue weighted by Gasteiger charge is -2.23. The van der Waals surface area contributed by atoms with Gasteiger partial charge in [-0.2, -0.15) is 0 Å². The lowest BCUT2D eigenvalue weighted by atomic mass is 9.85. The van der Waals surface area contributed by atoms with E-state index in [1.165, 1.54) is 11.3 Å². The third-order valence-corrected chi connectivity index (χ3v) is 3.33. The smallest absolute Gasteiger partial charge is 0.229 e. The predicted octanol–water partition coefficient (Wildman–Crippen LogP) is 1.23. The zero-order valence-corrected chi connectivity index (χ0v) is 9.51. The molecule has 1 fully saturated rings. The van der Waals surface area contributed by atoms with Crippen molar-refractivity contribution in [2.24, 2.45) is 5.92 Å². The van der Waals surface area contributed by atoms with Gasteiger partial charge in [0.1, 0.15) is 6.61 Å². The van der Waals surface area contributed by atoms with Crippen LogP contribution in [0.3, 0.4) is 0 Å². The van der Waals surface area contributed by atoms with Gasteiger partial charge in [-0.1, -0.05) is 29.6 Å². The number of rotatable bonds is 2. The van der Waals surface area contributed by atoms with Crippen LogP contribution in [0.1, 0.15) is 24.1 Å². The molecule has 2 rings (SSSR count). The number of anilines is 1. The first kappa shape index (κ1) is 11.1. The highest BCUT2D eigenvalue weighted by Crippen LogP contribution is 2.28. The molecule has 84 valence electrons. The van der Waals surface area contributed by atoms with Crippen LogP contribution in [0.25, 0.3) is 0 Å². The Labute approximate surface area is 97.7 Å². The highest BCUT2D eigenvalue weighted by atomic mass is 32.1. The van der Waals surface area contributed by atoms with E-state index in [2.05, 4.69) is 22.1 Å². The average molecular weight is 236 g/mol. The molecule has 0 aliphatic heterocycles. The molecule has 0 aromatic carbocycles. The van der Waals surface area contributed by atoms with Crippen molar-refractivity contribution in [2.75, 3.05) is 11.9 Å². The highest BCUT2D eigenvalue weighted by Gasteiger charge is 2.25. The minimum absolute atomic E-state index is 0.0577. The molecule has 2 N–H and O–H groups in total. The predicted molar refractivity (Wildman–Crippen MR) is 62.0 cm³/mol. The summed E-state index contributed by atoms with van der Waals surface area (Å²) in [4.78, 5) is 16.4. The summed E-state index contributed by atoms with van der Waals surface area (Å²) in [6.07, 6.45) is 4.70. The van der Waals surface area contributed by atoms with E-state index >= 15 is 0 Å². The number of thiazole rings is 1. The molecule has 0 spiro atoms.